The van der Waals surface area contributed by atoms with Crippen LogP contribution in [-0.2, 0) is 9.59 Å². The summed E-state index contributed by atoms with van der Waals surface area (Å²) in [6.45, 7) is 2.12. The summed E-state index contributed by atoms with van der Waals surface area (Å²) >= 11 is 6.20. The fourth-order valence-corrected chi connectivity index (χ4v) is 3.98. The molecule has 0 aliphatic carbocycles. The molecule has 4 N–H and O–H groups in total. The number of halogens is 1. The van der Waals surface area contributed by atoms with Crippen molar-refractivity contribution >= 4 is 23.5 Å². The summed E-state index contributed by atoms with van der Waals surface area (Å²) in [5, 5.41) is 33.3. The SMILES string of the molecule is CN1C[C@@H]2c3ccccc3Oc3ccc(Cl)cc3[C@H]2C1.O=C(O)C(O)C(O)C(=O)O. The summed E-state index contributed by atoms with van der Waals surface area (Å²) in [5.74, 6) is -0.665. The number of rotatable bonds is 3. The van der Waals surface area contributed by atoms with Crippen molar-refractivity contribution in [1.29, 1.82) is 0 Å². The van der Waals surface area contributed by atoms with Crippen molar-refractivity contribution in [3.8, 4) is 11.5 Å². The van der Waals surface area contributed by atoms with Crippen LogP contribution >= 0.6 is 11.6 Å². The van der Waals surface area contributed by atoms with E-state index in [0.717, 1.165) is 29.6 Å². The van der Waals surface area contributed by atoms with Gasteiger partial charge in [0, 0.05) is 35.5 Å². The summed E-state index contributed by atoms with van der Waals surface area (Å²) in [6.07, 6.45) is -4.53. The lowest BCUT2D eigenvalue weighted by Gasteiger charge is -2.17. The molecule has 0 radical (unpaired) electrons. The summed E-state index contributed by atoms with van der Waals surface area (Å²) in [5.41, 5.74) is 2.55. The zero-order chi connectivity index (χ0) is 22.0. The maximum absolute atomic E-state index is 9.77. The number of aliphatic hydroxyl groups is 2. The molecular weight excluding hydrogens is 414 g/mol. The van der Waals surface area contributed by atoms with E-state index < -0.39 is 24.1 Å². The van der Waals surface area contributed by atoms with Crippen LogP contribution in [0, 0.1) is 0 Å². The number of carboxylic acids is 2. The molecule has 4 atom stereocenters. The van der Waals surface area contributed by atoms with Gasteiger partial charge < -0.3 is 30.1 Å². The lowest BCUT2D eigenvalue weighted by atomic mass is 9.84. The average Bonchev–Trinajstić information content (AvgIpc) is 3.05. The van der Waals surface area contributed by atoms with Crippen LogP contribution in [0.1, 0.15) is 23.0 Å². The molecule has 2 aliphatic rings. The van der Waals surface area contributed by atoms with Crippen LogP contribution in [-0.4, -0.2) is 69.6 Å². The molecule has 4 rings (SSSR count). The van der Waals surface area contributed by atoms with Crippen LogP contribution in [0.2, 0.25) is 5.02 Å². The zero-order valence-electron chi connectivity index (χ0n) is 16.1. The van der Waals surface area contributed by atoms with Gasteiger partial charge in [0.25, 0.3) is 0 Å². The van der Waals surface area contributed by atoms with Crippen molar-refractivity contribution in [3.05, 3.63) is 58.6 Å². The van der Waals surface area contributed by atoms with Crippen LogP contribution in [0.15, 0.2) is 42.5 Å². The van der Waals surface area contributed by atoms with Gasteiger partial charge in [0.15, 0.2) is 12.2 Å². The lowest BCUT2D eigenvalue weighted by molar-refractivity contribution is -0.165. The Bertz CT molecular complexity index is 933. The molecule has 2 aliphatic heterocycles. The first-order valence-corrected chi connectivity index (χ1v) is 9.63. The second-order valence-corrected chi connectivity index (χ2v) is 7.76. The quantitative estimate of drug-likeness (QED) is 0.577. The van der Waals surface area contributed by atoms with Crippen molar-refractivity contribution in [3.63, 3.8) is 0 Å². The molecule has 0 aromatic heterocycles. The standard InChI is InChI=1S/C17H16ClNO.C4H6O6/c1-19-9-14-12-4-2-3-5-16(12)20-17-7-6-11(18)8-13(17)15(14)10-19;5-1(3(7)8)2(6)4(9)10/h2-8,14-15H,9-10H2,1H3;1-2,5-6H,(H,7,8)(H,9,10)/t14-,15-;/m1./s1. The Morgan fingerprint density at radius 3 is 2.10 bits per heavy atom. The highest BCUT2D eigenvalue weighted by atomic mass is 35.5. The van der Waals surface area contributed by atoms with Crippen molar-refractivity contribution in [1.82, 2.24) is 4.90 Å². The third-order valence-corrected chi connectivity index (χ3v) is 5.45. The second-order valence-electron chi connectivity index (χ2n) is 7.32. The van der Waals surface area contributed by atoms with Gasteiger partial charge in [-0.3, -0.25) is 0 Å². The van der Waals surface area contributed by atoms with Crippen molar-refractivity contribution in [2.24, 2.45) is 0 Å². The maximum Gasteiger partial charge on any atom is 0.335 e. The molecule has 9 heteroatoms. The molecule has 0 bridgehead atoms. The number of para-hydroxylation sites is 1. The molecule has 2 aromatic rings. The molecule has 0 saturated carbocycles. The number of carbonyl (C=O) groups is 2. The minimum atomic E-state index is -2.27. The van der Waals surface area contributed by atoms with E-state index in [-0.39, 0.29) is 0 Å². The van der Waals surface area contributed by atoms with E-state index in [2.05, 4.69) is 36.2 Å². The number of aliphatic carboxylic acids is 2. The van der Waals surface area contributed by atoms with E-state index in [1.807, 2.05) is 18.2 Å². The number of aliphatic hydroxyl groups excluding tert-OH is 2. The predicted molar refractivity (Wildman–Crippen MR) is 108 cm³/mol. The molecular formula is C21H22ClNO7. The Labute approximate surface area is 177 Å². The number of hydrogen-bond acceptors (Lipinski definition) is 6. The molecule has 0 amide bonds. The first kappa shape index (κ1) is 22.0. The van der Waals surface area contributed by atoms with Gasteiger partial charge in [0.2, 0.25) is 0 Å². The number of likely N-dealkylation sites (tertiary alicyclic amines) is 1. The van der Waals surface area contributed by atoms with Crippen molar-refractivity contribution in [2.45, 2.75) is 24.0 Å². The van der Waals surface area contributed by atoms with E-state index in [1.54, 1.807) is 0 Å². The molecule has 8 nitrogen and oxygen atoms in total. The highest BCUT2D eigenvalue weighted by Gasteiger charge is 2.38. The van der Waals surface area contributed by atoms with Crippen LogP contribution in [0.5, 0.6) is 11.5 Å². The van der Waals surface area contributed by atoms with Gasteiger partial charge in [0.1, 0.15) is 11.5 Å². The summed E-state index contributed by atoms with van der Waals surface area (Å²) in [6, 6.07) is 14.4. The largest absolute Gasteiger partial charge is 0.479 e. The predicted octanol–water partition coefficient (Wildman–Crippen LogP) is 2.14. The minimum Gasteiger partial charge on any atom is -0.479 e. The van der Waals surface area contributed by atoms with E-state index in [9.17, 15) is 9.59 Å². The summed E-state index contributed by atoms with van der Waals surface area (Å²) in [4.78, 5) is 21.9. The lowest BCUT2D eigenvalue weighted by Crippen LogP contribution is -2.39. The highest BCUT2D eigenvalue weighted by molar-refractivity contribution is 6.30. The minimum absolute atomic E-state index is 0.456. The first-order valence-electron chi connectivity index (χ1n) is 9.25. The normalized spacial score (nSPS) is 21.5. The Morgan fingerprint density at radius 1 is 0.967 bits per heavy atom. The number of ether oxygens (including phenoxy) is 1. The van der Waals surface area contributed by atoms with Gasteiger partial charge in [-0.15, -0.1) is 0 Å². The van der Waals surface area contributed by atoms with E-state index in [0.29, 0.717) is 11.8 Å². The molecule has 30 heavy (non-hydrogen) atoms. The topological polar surface area (TPSA) is 128 Å². The van der Waals surface area contributed by atoms with E-state index >= 15 is 0 Å². The number of nitrogens with zero attached hydrogens (tertiary/aromatic N) is 1. The van der Waals surface area contributed by atoms with Gasteiger partial charge in [-0.2, -0.15) is 0 Å². The molecule has 2 heterocycles. The Balaban J connectivity index is 0.000000220. The molecule has 1 saturated heterocycles. The van der Waals surface area contributed by atoms with Gasteiger partial charge in [-0.05, 0) is 36.9 Å². The fraction of sp³-hybridized carbons (Fsp3) is 0.333. The molecule has 160 valence electrons. The third-order valence-electron chi connectivity index (χ3n) is 5.22. The Kier molecular flexibility index (Phi) is 6.62. The van der Waals surface area contributed by atoms with Crippen LogP contribution in [0.25, 0.3) is 0 Å². The number of carboxylic acid groups (broad SMARTS) is 2. The van der Waals surface area contributed by atoms with E-state index in [4.69, 9.17) is 36.8 Å². The number of likely N-dealkylation sites (N-methyl/N-ethyl adjacent to an activating group) is 1. The van der Waals surface area contributed by atoms with E-state index in [1.165, 1.54) is 11.1 Å². The van der Waals surface area contributed by atoms with Crippen LogP contribution < -0.4 is 4.74 Å². The first-order chi connectivity index (χ1) is 14.2. The average molecular weight is 436 g/mol. The molecule has 1 fully saturated rings. The van der Waals surface area contributed by atoms with Crippen LogP contribution in [0.4, 0.5) is 0 Å². The van der Waals surface area contributed by atoms with Gasteiger partial charge in [0.05, 0.1) is 0 Å². The smallest absolute Gasteiger partial charge is 0.335 e. The monoisotopic (exact) mass is 435 g/mol. The number of benzene rings is 2. The summed E-state index contributed by atoms with van der Waals surface area (Å²) in [7, 11) is 2.18. The van der Waals surface area contributed by atoms with Crippen molar-refractivity contribution in [2.75, 3.05) is 20.1 Å². The third kappa shape index (κ3) is 4.57. The Hall–Kier alpha value is -2.65. The van der Waals surface area contributed by atoms with Crippen molar-refractivity contribution < 1.29 is 34.8 Å². The number of hydrogen-bond donors (Lipinski definition) is 4. The fourth-order valence-electron chi connectivity index (χ4n) is 3.80. The van der Waals surface area contributed by atoms with Gasteiger partial charge in [-0.1, -0.05) is 29.8 Å². The Morgan fingerprint density at radius 2 is 1.50 bits per heavy atom. The second kappa shape index (κ2) is 9.01. The molecule has 0 spiro atoms. The van der Waals surface area contributed by atoms with Gasteiger partial charge in [-0.25, -0.2) is 9.59 Å². The van der Waals surface area contributed by atoms with Crippen LogP contribution in [0.3, 0.4) is 0 Å². The highest BCUT2D eigenvalue weighted by Crippen LogP contribution is 2.49. The van der Waals surface area contributed by atoms with Gasteiger partial charge >= 0.3 is 11.9 Å². The molecule has 2 aromatic carbocycles. The summed E-state index contributed by atoms with van der Waals surface area (Å²) < 4.78 is 6.15. The molecule has 2 unspecified atom stereocenters. The number of fused-ring (bicyclic) bond motifs is 5. The zero-order valence-corrected chi connectivity index (χ0v) is 16.9. The maximum atomic E-state index is 9.77.